The lowest BCUT2D eigenvalue weighted by molar-refractivity contribution is -0.148. The molecular weight excluding hydrogens is 322 g/mol. The van der Waals surface area contributed by atoms with Crippen molar-refractivity contribution in [1.29, 1.82) is 0 Å². The van der Waals surface area contributed by atoms with Crippen molar-refractivity contribution in [2.24, 2.45) is 11.7 Å². The zero-order valence-electron chi connectivity index (χ0n) is 15.0. The summed E-state index contributed by atoms with van der Waals surface area (Å²) in [6, 6.07) is 7.71. The third-order valence-electron chi connectivity index (χ3n) is 3.48. The van der Waals surface area contributed by atoms with E-state index in [0.717, 1.165) is 5.56 Å². The molecule has 0 radical (unpaired) electrons. The molecule has 4 N–H and O–H groups in total. The molecule has 0 aromatic heterocycles. The summed E-state index contributed by atoms with van der Waals surface area (Å²) in [5.41, 5.74) is 6.14. The summed E-state index contributed by atoms with van der Waals surface area (Å²) >= 11 is 0. The third-order valence-corrected chi connectivity index (χ3v) is 3.48. The van der Waals surface area contributed by atoms with Gasteiger partial charge in [0.25, 0.3) is 0 Å². The molecule has 7 nitrogen and oxygen atoms in total. The van der Waals surface area contributed by atoms with E-state index in [1.807, 2.05) is 44.2 Å². The summed E-state index contributed by atoms with van der Waals surface area (Å²) in [6.45, 7) is 5.36. The molecule has 0 aliphatic rings. The molecule has 0 aliphatic heterocycles. The number of esters is 1. The van der Waals surface area contributed by atoms with Crippen molar-refractivity contribution in [3.63, 3.8) is 0 Å². The van der Waals surface area contributed by atoms with Crippen molar-refractivity contribution in [2.75, 3.05) is 6.54 Å². The maximum Gasteiger partial charge on any atom is 0.328 e. The maximum absolute atomic E-state index is 12.3. The minimum absolute atomic E-state index is 0.138. The highest BCUT2D eigenvalue weighted by molar-refractivity contribution is 5.90. The van der Waals surface area contributed by atoms with Crippen molar-refractivity contribution in [1.82, 2.24) is 10.6 Å². The first kappa shape index (κ1) is 20.6. The summed E-state index contributed by atoms with van der Waals surface area (Å²) in [5, 5.41) is 5.15. The molecule has 0 saturated carbocycles. The summed E-state index contributed by atoms with van der Waals surface area (Å²) in [6.07, 6.45) is 0.448. The monoisotopic (exact) mass is 349 g/mol. The Morgan fingerprint density at radius 2 is 1.72 bits per heavy atom. The number of amides is 2. The number of nitrogens with one attached hydrogen (secondary N) is 2. The molecule has 1 rings (SSSR count). The van der Waals surface area contributed by atoms with Crippen LogP contribution < -0.4 is 16.4 Å². The van der Waals surface area contributed by atoms with Gasteiger partial charge in [-0.2, -0.15) is 0 Å². The molecule has 0 spiro atoms. The lowest BCUT2D eigenvalue weighted by Crippen LogP contribution is -2.52. The molecule has 1 aromatic carbocycles. The molecular formula is C18H27N3O4. The number of rotatable bonds is 9. The van der Waals surface area contributed by atoms with Crippen LogP contribution in [0.15, 0.2) is 30.3 Å². The van der Waals surface area contributed by atoms with Crippen LogP contribution in [0.2, 0.25) is 0 Å². The molecule has 25 heavy (non-hydrogen) atoms. The number of carbonyl (C=O) groups excluding carboxylic acids is 3. The number of carbonyl (C=O) groups is 3. The van der Waals surface area contributed by atoms with Crippen LogP contribution >= 0.6 is 0 Å². The third kappa shape index (κ3) is 7.80. The molecule has 0 fully saturated rings. The Kier molecular flexibility index (Phi) is 8.63. The van der Waals surface area contributed by atoms with Gasteiger partial charge >= 0.3 is 5.97 Å². The van der Waals surface area contributed by atoms with E-state index < -0.39 is 29.9 Å². The van der Waals surface area contributed by atoms with Crippen LogP contribution in [0.1, 0.15) is 32.8 Å². The van der Waals surface area contributed by atoms with Gasteiger partial charge in [0, 0.05) is 0 Å². The second-order valence-corrected chi connectivity index (χ2v) is 6.28. The van der Waals surface area contributed by atoms with Gasteiger partial charge in [0.1, 0.15) is 18.7 Å². The lowest BCUT2D eigenvalue weighted by atomic mass is 10.0. The van der Waals surface area contributed by atoms with Gasteiger partial charge in [0.15, 0.2) is 0 Å². The minimum Gasteiger partial charge on any atom is -0.459 e. The fourth-order valence-electron chi connectivity index (χ4n) is 2.18. The van der Waals surface area contributed by atoms with Crippen molar-refractivity contribution < 1.29 is 19.1 Å². The highest BCUT2D eigenvalue weighted by Crippen LogP contribution is 2.06. The van der Waals surface area contributed by atoms with Gasteiger partial charge in [-0.25, -0.2) is 4.79 Å². The Hall–Kier alpha value is -2.41. The second kappa shape index (κ2) is 10.5. The fourth-order valence-corrected chi connectivity index (χ4v) is 2.18. The minimum atomic E-state index is -0.819. The molecule has 2 amide bonds. The summed E-state index contributed by atoms with van der Waals surface area (Å²) in [4.78, 5) is 35.9. The summed E-state index contributed by atoms with van der Waals surface area (Å²) < 4.78 is 5.19. The van der Waals surface area contributed by atoms with Gasteiger partial charge in [0.2, 0.25) is 11.8 Å². The quantitative estimate of drug-likeness (QED) is 0.569. The number of benzene rings is 1. The van der Waals surface area contributed by atoms with Gasteiger partial charge in [-0.1, -0.05) is 44.2 Å². The van der Waals surface area contributed by atoms with E-state index in [1.54, 1.807) is 6.92 Å². The first-order chi connectivity index (χ1) is 11.8. The number of ether oxygens (including phenoxy) is 1. The standard InChI is InChI=1S/C18H27N3O4/c1-12(2)9-15(21-16(22)10-19)17(23)20-13(3)18(24)25-11-14-7-5-4-6-8-14/h4-8,12-13,15H,9-11,19H2,1-3H3,(H,20,23)(H,21,22). The van der Waals surface area contributed by atoms with E-state index in [9.17, 15) is 14.4 Å². The van der Waals surface area contributed by atoms with Gasteiger partial charge in [-0.05, 0) is 24.8 Å². The van der Waals surface area contributed by atoms with Crippen molar-refractivity contribution >= 4 is 17.8 Å². The van der Waals surface area contributed by atoms with Crippen LogP contribution in [0.5, 0.6) is 0 Å². The SMILES string of the molecule is CC(C)CC(NC(=O)CN)C(=O)NC(C)C(=O)OCc1ccccc1. The van der Waals surface area contributed by atoms with Crippen LogP contribution in [-0.4, -0.2) is 36.4 Å². The number of hydrogen-bond acceptors (Lipinski definition) is 5. The Balaban J connectivity index is 2.55. The Bertz CT molecular complexity index is 575. The van der Waals surface area contributed by atoms with Gasteiger partial charge in [-0.3, -0.25) is 9.59 Å². The topological polar surface area (TPSA) is 111 Å². The van der Waals surface area contributed by atoms with Crippen LogP contribution in [-0.2, 0) is 25.7 Å². The van der Waals surface area contributed by atoms with E-state index in [2.05, 4.69) is 10.6 Å². The zero-order valence-corrected chi connectivity index (χ0v) is 15.0. The summed E-state index contributed by atoms with van der Waals surface area (Å²) in [7, 11) is 0. The molecule has 1 aromatic rings. The van der Waals surface area contributed by atoms with Gasteiger partial charge in [0.05, 0.1) is 6.54 Å². The number of nitrogens with two attached hydrogens (primary N) is 1. The molecule has 2 atom stereocenters. The fraction of sp³-hybridized carbons (Fsp3) is 0.500. The molecule has 2 unspecified atom stereocenters. The average molecular weight is 349 g/mol. The van der Waals surface area contributed by atoms with E-state index in [4.69, 9.17) is 10.5 Å². The molecule has 7 heteroatoms. The smallest absolute Gasteiger partial charge is 0.328 e. The molecule has 0 heterocycles. The molecule has 0 bridgehead atoms. The van der Waals surface area contributed by atoms with E-state index in [0.29, 0.717) is 6.42 Å². The number of hydrogen-bond donors (Lipinski definition) is 3. The lowest BCUT2D eigenvalue weighted by Gasteiger charge is -2.22. The average Bonchev–Trinajstić information content (AvgIpc) is 2.59. The van der Waals surface area contributed by atoms with E-state index in [1.165, 1.54) is 0 Å². The maximum atomic E-state index is 12.3. The predicted octanol–water partition coefficient (Wildman–Crippen LogP) is 0.724. The normalized spacial score (nSPS) is 13.0. The van der Waals surface area contributed by atoms with Crippen LogP contribution in [0.25, 0.3) is 0 Å². The van der Waals surface area contributed by atoms with Crippen LogP contribution in [0, 0.1) is 5.92 Å². The van der Waals surface area contributed by atoms with Gasteiger partial charge in [-0.15, -0.1) is 0 Å². The Labute approximate surface area is 148 Å². The Morgan fingerprint density at radius 1 is 1.08 bits per heavy atom. The largest absolute Gasteiger partial charge is 0.459 e. The summed E-state index contributed by atoms with van der Waals surface area (Å²) in [5.74, 6) is -1.19. The van der Waals surface area contributed by atoms with Crippen LogP contribution in [0.3, 0.4) is 0 Å². The van der Waals surface area contributed by atoms with E-state index in [-0.39, 0.29) is 19.1 Å². The molecule has 138 valence electrons. The van der Waals surface area contributed by atoms with E-state index >= 15 is 0 Å². The highest BCUT2D eigenvalue weighted by atomic mass is 16.5. The van der Waals surface area contributed by atoms with Crippen molar-refractivity contribution in [3.8, 4) is 0 Å². The predicted molar refractivity (Wildman–Crippen MR) is 94.3 cm³/mol. The van der Waals surface area contributed by atoms with Crippen LogP contribution in [0.4, 0.5) is 0 Å². The van der Waals surface area contributed by atoms with Crippen molar-refractivity contribution in [3.05, 3.63) is 35.9 Å². The van der Waals surface area contributed by atoms with Crippen molar-refractivity contribution in [2.45, 2.75) is 45.9 Å². The Morgan fingerprint density at radius 3 is 2.28 bits per heavy atom. The highest BCUT2D eigenvalue weighted by Gasteiger charge is 2.25. The second-order valence-electron chi connectivity index (χ2n) is 6.28. The zero-order chi connectivity index (χ0) is 18.8. The first-order valence-electron chi connectivity index (χ1n) is 8.33. The first-order valence-corrected chi connectivity index (χ1v) is 8.33. The molecule has 0 aliphatic carbocycles. The molecule has 0 saturated heterocycles. The van der Waals surface area contributed by atoms with Gasteiger partial charge < -0.3 is 21.1 Å².